The minimum Gasteiger partial charge on any atom is -0.351 e. The fraction of sp³-hybridized carbons (Fsp3) is 0.231. The van der Waals surface area contributed by atoms with Crippen molar-refractivity contribution in [2.75, 3.05) is 11.4 Å². The van der Waals surface area contributed by atoms with Gasteiger partial charge in [-0.2, -0.15) is 0 Å². The number of nitrogens with two attached hydrogens (primary N) is 1. The van der Waals surface area contributed by atoms with Gasteiger partial charge in [-0.25, -0.2) is 9.78 Å². The Bertz CT molecular complexity index is 726. The minimum absolute atomic E-state index is 0.0275. The number of carbonyl (C=O) groups is 1. The third-order valence-electron chi connectivity index (χ3n) is 2.98. The summed E-state index contributed by atoms with van der Waals surface area (Å²) in [6, 6.07) is 2.40. The molecule has 0 saturated heterocycles. The molecule has 2 rings (SSSR count). The lowest BCUT2D eigenvalue weighted by atomic mass is 10.1. The van der Waals surface area contributed by atoms with Crippen LogP contribution in [0.25, 0.3) is 10.2 Å². The smallest absolute Gasteiger partial charge is 0.321 e. The maximum absolute atomic E-state index is 11.4. The molecule has 1 aromatic heterocycles. The van der Waals surface area contributed by atoms with Gasteiger partial charge in [-0.15, -0.1) is 6.58 Å². The van der Waals surface area contributed by atoms with Crippen LogP contribution in [-0.2, 0) is 6.42 Å². The highest BCUT2D eigenvalue weighted by molar-refractivity contribution is 7.22. The topological polar surface area (TPSA) is 102 Å². The first kappa shape index (κ1) is 14.9. The van der Waals surface area contributed by atoms with Crippen LogP contribution in [0, 0.1) is 10.1 Å². The number of amides is 2. The van der Waals surface area contributed by atoms with Gasteiger partial charge in [0.15, 0.2) is 5.13 Å². The zero-order valence-corrected chi connectivity index (χ0v) is 12.2. The number of fused-ring (bicyclic) bond motifs is 1. The van der Waals surface area contributed by atoms with E-state index in [0.29, 0.717) is 33.9 Å². The molecule has 0 bridgehead atoms. The van der Waals surface area contributed by atoms with Crippen LogP contribution in [0.5, 0.6) is 0 Å². The van der Waals surface area contributed by atoms with Crippen molar-refractivity contribution in [2.24, 2.45) is 5.73 Å². The second-order valence-electron chi connectivity index (χ2n) is 4.24. The third kappa shape index (κ3) is 2.70. The fourth-order valence-electron chi connectivity index (χ4n) is 2.04. The number of carbonyl (C=O) groups excluding carboxylic acids is 1. The van der Waals surface area contributed by atoms with E-state index in [1.807, 2.05) is 0 Å². The second kappa shape index (κ2) is 5.88. The Kier molecular flexibility index (Phi) is 4.18. The number of primary amides is 1. The maximum atomic E-state index is 11.4. The highest BCUT2D eigenvalue weighted by Gasteiger charge is 2.21. The summed E-state index contributed by atoms with van der Waals surface area (Å²) < 4.78 is 0.679. The maximum Gasteiger partial charge on any atom is 0.321 e. The number of thiazole rings is 1. The lowest BCUT2D eigenvalue weighted by Gasteiger charge is -2.13. The van der Waals surface area contributed by atoms with Crippen LogP contribution in [0.15, 0.2) is 24.8 Å². The zero-order valence-electron chi connectivity index (χ0n) is 11.4. The van der Waals surface area contributed by atoms with E-state index in [-0.39, 0.29) is 5.69 Å². The Morgan fingerprint density at radius 1 is 1.62 bits per heavy atom. The van der Waals surface area contributed by atoms with Gasteiger partial charge in [0.25, 0.3) is 5.69 Å². The van der Waals surface area contributed by atoms with E-state index >= 15 is 0 Å². The summed E-state index contributed by atoms with van der Waals surface area (Å²) in [5.41, 5.74) is 6.49. The Morgan fingerprint density at radius 2 is 2.33 bits per heavy atom. The van der Waals surface area contributed by atoms with Crippen LogP contribution in [0.1, 0.15) is 12.5 Å². The van der Waals surface area contributed by atoms with E-state index in [0.717, 1.165) is 0 Å². The number of nitro groups is 1. The van der Waals surface area contributed by atoms with Crippen molar-refractivity contribution in [3.8, 4) is 0 Å². The fourth-order valence-corrected chi connectivity index (χ4v) is 3.22. The van der Waals surface area contributed by atoms with Crippen LogP contribution in [0.3, 0.4) is 0 Å². The number of anilines is 1. The summed E-state index contributed by atoms with van der Waals surface area (Å²) in [4.78, 5) is 27.7. The quantitative estimate of drug-likeness (QED) is 0.521. The van der Waals surface area contributed by atoms with Crippen molar-refractivity contribution >= 4 is 38.4 Å². The molecule has 0 aliphatic heterocycles. The molecule has 8 heteroatoms. The van der Waals surface area contributed by atoms with Crippen molar-refractivity contribution in [1.29, 1.82) is 0 Å². The van der Waals surface area contributed by atoms with Gasteiger partial charge in [0.2, 0.25) is 0 Å². The molecule has 21 heavy (non-hydrogen) atoms. The first-order valence-electron chi connectivity index (χ1n) is 6.24. The molecule has 0 radical (unpaired) electrons. The molecule has 0 unspecified atom stereocenters. The molecule has 0 atom stereocenters. The molecule has 0 fully saturated rings. The van der Waals surface area contributed by atoms with Crippen LogP contribution in [0.4, 0.5) is 15.6 Å². The number of hydrogen-bond donors (Lipinski definition) is 1. The summed E-state index contributed by atoms with van der Waals surface area (Å²) in [6.45, 7) is 5.79. The van der Waals surface area contributed by atoms with Crippen molar-refractivity contribution in [3.05, 3.63) is 40.5 Å². The average molecular weight is 306 g/mol. The number of allylic oxidation sites excluding steroid dienone is 1. The summed E-state index contributed by atoms with van der Waals surface area (Å²) in [6.07, 6.45) is 1.96. The molecule has 7 nitrogen and oxygen atoms in total. The standard InChI is InChI=1S/C13H14N4O3S/c1-3-5-8-10(17(19)20)7-6-9-11(8)21-13(15-9)16(4-2)12(14)18/h3,6-7H,1,4-5H2,2H3,(H2,14,18). The van der Waals surface area contributed by atoms with Gasteiger partial charge in [0, 0.05) is 12.6 Å². The number of nitro benzene ring substituents is 1. The first-order valence-corrected chi connectivity index (χ1v) is 7.05. The molecule has 110 valence electrons. The van der Waals surface area contributed by atoms with Gasteiger partial charge < -0.3 is 5.73 Å². The lowest BCUT2D eigenvalue weighted by Crippen LogP contribution is -2.35. The lowest BCUT2D eigenvalue weighted by molar-refractivity contribution is -0.385. The predicted molar refractivity (Wildman–Crippen MR) is 82.8 cm³/mol. The summed E-state index contributed by atoms with van der Waals surface area (Å²) in [5.74, 6) is 0. The summed E-state index contributed by atoms with van der Waals surface area (Å²) >= 11 is 1.22. The number of rotatable bonds is 5. The van der Waals surface area contributed by atoms with Gasteiger partial charge in [-0.3, -0.25) is 15.0 Å². The normalized spacial score (nSPS) is 10.5. The third-order valence-corrected chi connectivity index (χ3v) is 4.14. The highest BCUT2D eigenvalue weighted by atomic mass is 32.1. The molecule has 1 aromatic carbocycles. The Labute approximate surface area is 124 Å². The van der Waals surface area contributed by atoms with Gasteiger partial charge in [0.1, 0.15) is 0 Å². The van der Waals surface area contributed by atoms with Gasteiger partial charge >= 0.3 is 6.03 Å². The first-order chi connectivity index (χ1) is 9.99. The number of hydrogen-bond acceptors (Lipinski definition) is 5. The molecule has 0 saturated carbocycles. The molecule has 0 spiro atoms. The minimum atomic E-state index is -0.601. The largest absolute Gasteiger partial charge is 0.351 e. The molecule has 0 aliphatic rings. The number of aromatic nitrogens is 1. The van der Waals surface area contributed by atoms with Crippen LogP contribution in [-0.4, -0.2) is 22.5 Å². The van der Waals surface area contributed by atoms with E-state index in [4.69, 9.17) is 5.73 Å². The zero-order chi connectivity index (χ0) is 15.6. The van der Waals surface area contributed by atoms with E-state index in [1.165, 1.54) is 22.3 Å². The van der Waals surface area contributed by atoms with Crippen LogP contribution in [0.2, 0.25) is 0 Å². The number of urea groups is 1. The Balaban J connectivity index is 2.66. The van der Waals surface area contributed by atoms with E-state index in [1.54, 1.807) is 19.1 Å². The number of nitrogens with zero attached hydrogens (tertiary/aromatic N) is 3. The molecule has 0 aliphatic carbocycles. The van der Waals surface area contributed by atoms with Gasteiger partial charge in [-0.05, 0) is 19.4 Å². The second-order valence-corrected chi connectivity index (χ2v) is 5.22. The van der Waals surface area contributed by atoms with Crippen molar-refractivity contribution < 1.29 is 9.72 Å². The molecule has 2 aromatic rings. The Morgan fingerprint density at radius 3 is 2.86 bits per heavy atom. The van der Waals surface area contributed by atoms with E-state index in [2.05, 4.69) is 11.6 Å². The van der Waals surface area contributed by atoms with E-state index in [9.17, 15) is 14.9 Å². The van der Waals surface area contributed by atoms with Crippen molar-refractivity contribution in [3.63, 3.8) is 0 Å². The van der Waals surface area contributed by atoms with Crippen molar-refractivity contribution in [1.82, 2.24) is 4.98 Å². The molecule has 2 N–H and O–H groups in total. The number of benzene rings is 1. The summed E-state index contributed by atoms with van der Waals surface area (Å²) in [7, 11) is 0. The summed E-state index contributed by atoms with van der Waals surface area (Å²) in [5, 5.41) is 11.6. The van der Waals surface area contributed by atoms with Gasteiger partial charge in [-0.1, -0.05) is 17.4 Å². The monoisotopic (exact) mass is 306 g/mol. The van der Waals surface area contributed by atoms with E-state index < -0.39 is 11.0 Å². The SMILES string of the molecule is C=CCc1c([N+](=O)[O-])ccc2nc(N(CC)C(N)=O)sc12. The van der Waals surface area contributed by atoms with Crippen molar-refractivity contribution in [2.45, 2.75) is 13.3 Å². The molecular weight excluding hydrogens is 292 g/mol. The molecular formula is C13H14N4O3S. The highest BCUT2D eigenvalue weighted by Crippen LogP contribution is 2.36. The van der Waals surface area contributed by atoms with Gasteiger partial charge in [0.05, 0.1) is 20.7 Å². The average Bonchev–Trinajstić information content (AvgIpc) is 2.83. The van der Waals surface area contributed by atoms with Crippen LogP contribution < -0.4 is 10.6 Å². The van der Waals surface area contributed by atoms with Crippen LogP contribution >= 0.6 is 11.3 Å². The molecule has 1 heterocycles. The Hall–Kier alpha value is -2.48. The molecule has 2 amide bonds. The predicted octanol–water partition coefficient (Wildman–Crippen LogP) is 2.84.